The number of hydrogen-bond donors (Lipinski definition) is 2. The fourth-order valence-electron chi connectivity index (χ4n) is 2.73. The topological polar surface area (TPSA) is 58.7 Å². The van der Waals surface area contributed by atoms with Gasteiger partial charge in [0.1, 0.15) is 10.7 Å². The summed E-state index contributed by atoms with van der Waals surface area (Å²) in [5, 5.41) is 8.95. The van der Waals surface area contributed by atoms with Gasteiger partial charge in [0.25, 0.3) is 0 Å². The Hall–Kier alpha value is -1.17. The van der Waals surface area contributed by atoms with Gasteiger partial charge in [-0.25, -0.2) is 0 Å². The zero-order valence-corrected chi connectivity index (χ0v) is 13.1. The number of hydrogen-bond acceptors (Lipinski definition) is 4. The Balaban J connectivity index is 1.62. The van der Waals surface area contributed by atoms with Crippen molar-refractivity contribution >= 4 is 17.2 Å². The largest absolute Gasteiger partial charge is 0.494 e. The summed E-state index contributed by atoms with van der Waals surface area (Å²) in [5.74, 6) is 1.53. The van der Waals surface area contributed by atoms with Crippen molar-refractivity contribution < 1.29 is 9.84 Å². The predicted molar refractivity (Wildman–Crippen MR) is 88.7 cm³/mol. The van der Waals surface area contributed by atoms with Crippen LogP contribution in [-0.4, -0.2) is 47.8 Å². The summed E-state index contributed by atoms with van der Waals surface area (Å²) in [6.07, 6.45) is 3.16. The van der Waals surface area contributed by atoms with E-state index in [1.165, 1.54) is 6.42 Å². The predicted octanol–water partition coefficient (Wildman–Crippen LogP) is 1.79. The zero-order valence-electron chi connectivity index (χ0n) is 12.3. The van der Waals surface area contributed by atoms with E-state index in [9.17, 15) is 0 Å². The lowest BCUT2D eigenvalue weighted by Crippen LogP contribution is -2.23. The molecule has 0 saturated carbocycles. The monoisotopic (exact) mass is 308 g/mol. The molecule has 0 aromatic heterocycles. The Labute approximate surface area is 131 Å². The maximum Gasteiger partial charge on any atom is 0.119 e. The molecule has 5 heteroatoms. The maximum absolute atomic E-state index is 8.95. The van der Waals surface area contributed by atoms with E-state index in [1.807, 2.05) is 24.3 Å². The van der Waals surface area contributed by atoms with Crippen LogP contribution in [0.1, 0.15) is 24.8 Å². The van der Waals surface area contributed by atoms with Crippen LogP contribution in [0.25, 0.3) is 0 Å². The van der Waals surface area contributed by atoms with E-state index in [0.29, 0.717) is 24.1 Å². The fourth-order valence-corrected chi connectivity index (χ4v) is 2.86. The Morgan fingerprint density at radius 2 is 2.14 bits per heavy atom. The molecule has 0 bridgehead atoms. The minimum atomic E-state index is 0.309. The number of benzene rings is 1. The Kier molecular flexibility index (Phi) is 6.42. The lowest BCUT2D eigenvalue weighted by Gasteiger charge is -2.16. The van der Waals surface area contributed by atoms with Crippen molar-refractivity contribution in [1.29, 1.82) is 0 Å². The maximum atomic E-state index is 8.95. The first-order valence-electron chi connectivity index (χ1n) is 7.55. The lowest BCUT2D eigenvalue weighted by atomic mass is 10.1. The van der Waals surface area contributed by atoms with Gasteiger partial charge >= 0.3 is 0 Å². The Bertz CT molecular complexity index is 450. The van der Waals surface area contributed by atoms with E-state index in [1.54, 1.807) is 0 Å². The molecule has 1 aromatic carbocycles. The molecule has 1 aromatic rings. The first-order chi connectivity index (χ1) is 10.2. The molecule has 1 unspecified atom stereocenters. The van der Waals surface area contributed by atoms with E-state index < -0.39 is 0 Å². The third-order valence-corrected chi connectivity index (χ3v) is 4.17. The van der Waals surface area contributed by atoms with Crippen molar-refractivity contribution in [1.82, 2.24) is 4.90 Å². The van der Waals surface area contributed by atoms with Crippen LogP contribution in [0, 0.1) is 5.92 Å². The Morgan fingerprint density at radius 1 is 1.38 bits per heavy atom. The summed E-state index contributed by atoms with van der Waals surface area (Å²) in [5.41, 5.74) is 6.42. The van der Waals surface area contributed by atoms with Crippen molar-refractivity contribution in [3.05, 3.63) is 29.8 Å². The summed E-state index contributed by atoms with van der Waals surface area (Å²) in [6, 6.07) is 7.58. The average molecular weight is 308 g/mol. The van der Waals surface area contributed by atoms with Crippen molar-refractivity contribution in [2.75, 3.05) is 32.8 Å². The minimum absolute atomic E-state index is 0.309. The van der Waals surface area contributed by atoms with E-state index in [-0.39, 0.29) is 0 Å². The number of likely N-dealkylation sites (tertiary alicyclic amines) is 1. The quantitative estimate of drug-likeness (QED) is 0.566. The number of ether oxygens (including phenoxy) is 1. The number of nitrogens with two attached hydrogens (primary N) is 1. The van der Waals surface area contributed by atoms with Gasteiger partial charge in [0.15, 0.2) is 0 Å². The van der Waals surface area contributed by atoms with Crippen LogP contribution >= 0.6 is 12.2 Å². The van der Waals surface area contributed by atoms with Gasteiger partial charge in [-0.15, -0.1) is 0 Å². The molecule has 4 nitrogen and oxygen atoms in total. The highest BCUT2D eigenvalue weighted by molar-refractivity contribution is 7.80. The first-order valence-corrected chi connectivity index (χ1v) is 7.95. The fraction of sp³-hybridized carbons (Fsp3) is 0.562. The van der Waals surface area contributed by atoms with Crippen molar-refractivity contribution in [3.8, 4) is 5.75 Å². The second-order valence-corrected chi connectivity index (χ2v) is 6.00. The van der Waals surface area contributed by atoms with Crippen LogP contribution in [0.15, 0.2) is 24.3 Å². The minimum Gasteiger partial charge on any atom is -0.494 e. The van der Waals surface area contributed by atoms with Crippen molar-refractivity contribution in [3.63, 3.8) is 0 Å². The summed E-state index contributed by atoms with van der Waals surface area (Å²) < 4.78 is 5.72. The van der Waals surface area contributed by atoms with Crippen LogP contribution in [-0.2, 0) is 0 Å². The number of rotatable bonds is 8. The van der Waals surface area contributed by atoms with Crippen LogP contribution in [0.3, 0.4) is 0 Å². The van der Waals surface area contributed by atoms with Crippen molar-refractivity contribution in [2.24, 2.45) is 11.7 Å². The van der Waals surface area contributed by atoms with Gasteiger partial charge in [-0.1, -0.05) is 12.2 Å². The molecule has 1 saturated heterocycles. The summed E-state index contributed by atoms with van der Waals surface area (Å²) >= 11 is 4.92. The van der Waals surface area contributed by atoms with Crippen molar-refractivity contribution in [2.45, 2.75) is 19.3 Å². The zero-order chi connectivity index (χ0) is 15.1. The van der Waals surface area contributed by atoms with Gasteiger partial charge in [0.2, 0.25) is 0 Å². The molecule has 116 valence electrons. The molecule has 0 amide bonds. The van der Waals surface area contributed by atoms with E-state index in [0.717, 1.165) is 43.8 Å². The average Bonchev–Trinajstić information content (AvgIpc) is 2.92. The normalized spacial score (nSPS) is 18.8. The van der Waals surface area contributed by atoms with E-state index in [4.69, 9.17) is 27.8 Å². The molecule has 0 radical (unpaired) electrons. The first kappa shape index (κ1) is 16.2. The third kappa shape index (κ3) is 5.26. The summed E-state index contributed by atoms with van der Waals surface area (Å²) in [4.78, 5) is 2.87. The lowest BCUT2D eigenvalue weighted by molar-refractivity contribution is 0.239. The molecule has 1 aliphatic heterocycles. The SMILES string of the molecule is NC(=S)c1ccc(OCCCN2CCC(CCO)C2)cc1. The Morgan fingerprint density at radius 3 is 2.81 bits per heavy atom. The van der Waals surface area contributed by atoms with Gasteiger partial charge < -0.3 is 20.5 Å². The number of thiocarbonyl (C=S) groups is 1. The molecule has 2 rings (SSSR count). The molecular weight excluding hydrogens is 284 g/mol. The van der Waals surface area contributed by atoms with Gasteiger partial charge in [0.05, 0.1) is 6.61 Å². The third-order valence-electron chi connectivity index (χ3n) is 3.93. The van der Waals surface area contributed by atoms with Gasteiger partial charge in [0, 0.05) is 25.3 Å². The second-order valence-electron chi connectivity index (χ2n) is 5.56. The van der Waals surface area contributed by atoms with Crippen LogP contribution < -0.4 is 10.5 Å². The van der Waals surface area contributed by atoms with E-state index in [2.05, 4.69) is 4.90 Å². The molecular formula is C16H24N2O2S. The summed E-state index contributed by atoms with van der Waals surface area (Å²) in [7, 11) is 0. The van der Waals surface area contributed by atoms with Crippen LogP contribution in [0.5, 0.6) is 5.75 Å². The molecule has 21 heavy (non-hydrogen) atoms. The van der Waals surface area contributed by atoms with Gasteiger partial charge in [-0.2, -0.15) is 0 Å². The van der Waals surface area contributed by atoms with Gasteiger partial charge in [-0.3, -0.25) is 0 Å². The highest BCUT2D eigenvalue weighted by Crippen LogP contribution is 2.19. The summed E-state index contributed by atoms with van der Waals surface area (Å²) in [6.45, 7) is 4.35. The molecule has 1 fully saturated rings. The smallest absolute Gasteiger partial charge is 0.119 e. The standard InChI is InChI=1S/C16H24N2O2S/c17-16(21)14-2-4-15(5-3-14)20-11-1-8-18-9-6-13(12-18)7-10-19/h2-5,13,19H,1,6-12H2,(H2,17,21). The van der Waals surface area contributed by atoms with Crippen LogP contribution in [0.4, 0.5) is 0 Å². The van der Waals surface area contributed by atoms with E-state index >= 15 is 0 Å². The highest BCUT2D eigenvalue weighted by Gasteiger charge is 2.21. The number of aliphatic hydroxyl groups excluding tert-OH is 1. The molecule has 1 heterocycles. The molecule has 1 aliphatic rings. The molecule has 0 aliphatic carbocycles. The van der Waals surface area contributed by atoms with Crippen LogP contribution in [0.2, 0.25) is 0 Å². The second kappa shape index (κ2) is 8.32. The highest BCUT2D eigenvalue weighted by atomic mass is 32.1. The number of aliphatic hydroxyl groups is 1. The molecule has 1 atom stereocenters. The number of nitrogens with zero attached hydrogens (tertiary/aromatic N) is 1. The molecule has 0 spiro atoms. The molecule has 3 N–H and O–H groups in total. The van der Waals surface area contributed by atoms with Gasteiger partial charge in [-0.05, 0) is 56.0 Å².